The third-order valence-corrected chi connectivity index (χ3v) is 5.54. The molecule has 1 N–H and O–H groups in total. The third kappa shape index (κ3) is 2.25. The van der Waals surface area contributed by atoms with Gasteiger partial charge in [0, 0.05) is 30.9 Å². The quantitative estimate of drug-likeness (QED) is 0.916. The molecule has 2 bridgehead atoms. The predicted molar refractivity (Wildman–Crippen MR) is 84.2 cm³/mol. The number of nitrogens with one attached hydrogen (secondary N) is 1. The molecule has 1 aromatic heterocycles. The van der Waals surface area contributed by atoms with Gasteiger partial charge in [0.05, 0.1) is 0 Å². The Balaban J connectivity index is 1.48. The summed E-state index contributed by atoms with van der Waals surface area (Å²) in [6.45, 7) is 0.919. The van der Waals surface area contributed by atoms with Crippen LogP contribution in [0.15, 0.2) is 30.5 Å². The van der Waals surface area contributed by atoms with E-state index in [1.165, 1.54) is 25.7 Å². The van der Waals surface area contributed by atoms with E-state index in [1.54, 1.807) is 0 Å². The molecule has 2 aliphatic carbocycles. The lowest BCUT2D eigenvalue weighted by molar-refractivity contribution is 0.0754. The van der Waals surface area contributed by atoms with Gasteiger partial charge < -0.3 is 9.88 Å². The molecule has 110 valence electrons. The molecule has 1 heterocycles. The van der Waals surface area contributed by atoms with Crippen molar-refractivity contribution >= 4 is 16.8 Å². The van der Waals surface area contributed by atoms with E-state index in [2.05, 4.69) is 4.98 Å². The summed E-state index contributed by atoms with van der Waals surface area (Å²) in [5.74, 6) is 2.69. The Hall–Kier alpha value is -1.77. The zero-order valence-electron chi connectivity index (χ0n) is 12.5. The van der Waals surface area contributed by atoms with Crippen molar-refractivity contribution in [2.75, 3.05) is 13.6 Å². The number of aromatic amines is 1. The number of amides is 1. The van der Waals surface area contributed by atoms with Gasteiger partial charge in [-0.05, 0) is 60.6 Å². The molecule has 2 saturated carbocycles. The molecular weight excluding hydrogens is 260 g/mol. The first-order chi connectivity index (χ1) is 10.2. The first-order valence-electron chi connectivity index (χ1n) is 8.03. The second-order valence-corrected chi connectivity index (χ2v) is 6.90. The van der Waals surface area contributed by atoms with E-state index < -0.39 is 0 Å². The van der Waals surface area contributed by atoms with Crippen LogP contribution in [0.1, 0.15) is 36.0 Å². The molecule has 2 fully saturated rings. The molecule has 3 heteroatoms. The summed E-state index contributed by atoms with van der Waals surface area (Å²) < 4.78 is 0. The Labute approximate surface area is 125 Å². The van der Waals surface area contributed by atoms with Gasteiger partial charge in [-0.15, -0.1) is 0 Å². The summed E-state index contributed by atoms with van der Waals surface area (Å²) >= 11 is 0. The van der Waals surface area contributed by atoms with Crippen molar-refractivity contribution in [1.82, 2.24) is 9.88 Å². The Morgan fingerprint density at radius 3 is 2.95 bits per heavy atom. The van der Waals surface area contributed by atoms with Crippen molar-refractivity contribution < 1.29 is 4.79 Å². The average molecular weight is 282 g/mol. The number of nitrogens with zero attached hydrogens (tertiary/aromatic N) is 1. The van der Waals surface area contributed by atoms with Crippen molar-refractivity contribution in [3.63, 3.8) is 0 Å². The zero-order chi connectivity index (χ0) is 14.4. The van der Waals surface area contributed by atoms with Crippen LogP contribution in [0, 0.1) is 17.8 Å². The number of hydrogen-bond acceptors (Lipinski definition) is 1. The number of carbonyl (C=O) groups is 1. The number of hydrogen-bond donors (Lipinski definition) is 1. The molecule has 1 aromatic carbocycles. The molecule has 0 aliphatic heterocycles. The van der Waals surface area contributed by atoms with Crippen LogP contribution < -0.4 is 0 Å². The Kier molecular flexibility index (Phi) is 3.02. The molecule has 0 radical (unpaired) electrons. The van der Waals surface area contributed by atoms with Crippen LogP contribution in [-0.2, 0) is 0 Å². The van der Waals surface area contributed by atoms with Crippen LogP contribution in [0.4, 0.5) is 0 Å². The fourth-order valence-corrected chi connectivity index (χ4v) is 4.44. The maximum absolute atomic E-state index is 12.6. The highest BCUT2D eigenvalue weighted by atomic mass is 16.2. The van der Waals surface area contributed by atoms with Crippen LogP contribution in [0.25, 0.3) is 10.9 Å². The molecule has 0 spiro atoms. The topological polar surface area (TPSA) is 36.1 Å². The van der Waals surface area contributed by atoms with E-state index in [-0.39, 0.29) is 5.91 Å². The highest BCUT2D eigenvalue weighted by Gasteiger charge is 2.40. The monoisotopic (exact) mass is 282 g/mol. The van der Waals surface area contributed by atoms with Crippen molar-refractivity contribution in [3.8, 4) is 0 Å². The molecular formula is C18H22N2O. The van der Waals surface area contributed by atoms with Crippen LogP contribution in [0.5, 0.6) is 0 Å². The lowest BCUT2D eigenvalue weighted by Gasteiger charge is -2.27. The first-order valence-corrected chi connectivity index (χ1v) is 8.03. The molecule has 4 rings (SSSR count). The van der Waals surface area contributed by atoms with Crippen molar-refractivity contribution in [2.45, 2.75) is 25.7 Å². The van der Waals surface area contributed by atoms with Crippen LogP contribution >= 0.6 is 0 Å². The summed E-state index contributed by atoms with van der Waals surface area (Å²) in [6, 6.07) is 7.96. The smallest absolute Gasteiger partial charge is 0.253 e. The summed E-state index contributed by atoms with van der Waals surface area (Å²) in [4.78, 5) is 17.7. The molecule has 1 amide bonds. The lowest BCUT2D eigenvalue weighted by Crippen LogP contribution is -2.33. The minimum atomic E-state index is 0.147. The van der Waals surface area contributed by atoms with Gasteiger partial charge in [-0.3, -0.25) is 4.79 Å². The standard InChI is InChI=1S/C18H22N2O/c1-20(11-16-9-12-2-3-14(16)8-12)18(21)15-5-4-13-6-7-19-17(13)10-15/h4-7,10,12,14,16,19H,2-3,8-9,11H2,1H3. The van der Waals surface area contributed by atoms with E-state index in [9.17, 15) is 4.79 Å². The van der Waals surface area contributed by atoms with Crippen molar-refractivity contribution in [3.05, 3.63) is 36.0 Å². The minimum absolute atomic E-state index is 0.147. The molecule has 2 aliphatic rings. The Morgan fingerprint density at radius 2 is 2.19 bits per heavy atom. The van der Waals surface area contributed by atoms with Gasteiger partial charge in [-0.1, -0.05) is 12.5 Å². The largest absolute Gasteiger partial charge is 0.361 e. The fourth-order valence-electron chi connectivity index (χ4n) is 4.44. The summed E-state index contributed by atoms with van der Waals surface area (Å²) in [5.41, 5.74) is 1.82. The van der Waals surface area contributed by atoms with Gasteiger partial charge in [0.1, 0.15) is 0 Å². The van der Waals surface area contributed by atoms with Crippen molar-refractivity contribution in [1.29, 1.82) is 0 Å². The maximum Gasteiger partial charge on any atom is 0.253 e. The van der Waals surface area contributed by atoms with Crippen LogP contribution in [0.3, 0.4) is 0 Å². The fraction of sp³-hybridized carbons (Fsp3) is 0.500. The van der Waals surface area contributed by atoms with E-state index in [0.29, 0.717) is 0 Å². The maximum atomic E-state index is 12.6. The van der Waals surface area contributed by atoms with E-state index in [1.807, 2.05) is 42.4 Å². The van der Waals surface area contributed by atoms with Gasteiger partial charge >= 0.3 is 0 Å². The number of benzene rings is 1. The summed E-state index contributed by atoms with van der Waals surface area (Å²) in [7, 11) is 1.95. The second-order valence-electron chi connectivity index (χ2n) is 6.90. The van der Waals surface area contributed by atoms with Crippen LogP contribution in [0.2, 0.25) is 0 Å². The molecule has 3 unspecified atom stereocenters. The Bertz CT molecular complexity index is 675. The molecule has 3 atom stereocenters. The molecule has 3 nitrogen and oxygen atoms in total. The van der Waals surface area contributed by atoms with Gasteiger partial charge in [0.2, 0.25) is 0 Å². The van der Waals surface area contributed by atoms with Crippen LogP contribution in [-0.4, -0.2) is 29.4 Å². The van der Waals surface area contributed by atoms with Gasteiger partial charge in [-0.2, -0.15) is 0 Å². The number of aromatic nitrogens is 1. The molecule has 2 aromatic rings. The number of fused-ring (bicyclic) bond motifs is 3. The highest BCUT2D eigenvalue weighted by Crippen LogP contribution is 2.48. The normalized spacial score (nSPS) is 27.4. The number of rotatable bonds is 3. The first kappa shape index (κ1) is 12.9. The SMILES string of the molecule is CN(CC1CC2CCC1C2)C(=O)c1ccc2cc[nH]c2c1. The van der Waals surface area contributed by atoms with Gasteiger partial charge in [-0.25, -0.2) is 0 Å². The van der Waals surface area contributed by atoms with E-state index >= 15 is 0 Å². The minimum Gasteiger partial charge on any atom is -0.361 e. The third-order valence-electron chi connectivity index (χ3n) is 5.54. The molecule has 21 heavy (non-hydrogen) atoms. The molecule has 0 saturated heterocycles. The highest BCUT2D eigenvalue weighted by molar-refractivity contribution is 5.97. The van der Waals surface area contributed by atoms with Gasteiger partial charge in [0.15, 0.2) is 0 Å². The average Bonchev–Trinajstić information content (AvgIpc) is 3.21. The zero-order valence-corrected chi connectivity index (χ0v) is 12.5. The van der Waals surface area contributed by atoms with E-state index in [0.717, 1.165) is 40.8 Å². The number of H-pyrrole nitrogens is 1. The van der Waals surface area contributed by atoms with Gasteiger partial charge in [0.25, 0.3) is 5.91 Å². The predicted octanol–water partition coefficient (Wildman–Crippen LogP) is 3.68. The summed E-state index contributed by atoms with van der Waals surface area (Å²) in [6.07, 6.45) is 7.45. The number of carbonyl (C=O) groups excluding carboxylic acids is 1. The lowest BCUT2D eigenvalue weighted by atomic mass is 9.88. The second kappa shape index (κ2) is 4.90. The Morgan fingerprint density at radius 1 is 1.29 bits per heavy atom. The van der Waals surface area contributed by atoms with E-state index in [4.69, 9.17) is 0 Å². The van der Waals surface area contributed by atoms with Crippen molar-refractivity contribution in [2.24, 2.45) is 17.8 Å². The summed E-state index contributed by atoms with van der Waals surface area (Å²) in [5, 5.41) is 1.15.